The van der Waals surface area contributed by atoms with Gasteiger partial charge in [0, 0.05) is 12.2 Å². The molecule has 0 unspecified atom stereocenters. The lowest BCUT2D eigenvalue weighted by Gasteiger charge is -2.22. The molecular weight excluding hydrogens is 284 g/mol. The van der Waals surface area contributed by atoms with Crippen LogP contribution in [-0.4, -0.2) is 35.7 Å². The van der Waals surface area contributed by atoms with Crippen LogP contribution in [-0.2, 0) is 9.59 Å². The van der Waals surface area contributed by atoms with Crippen molar-refractivity contribution in [3.63, 3.8) is 0 Å². The Labute approximate surface area is 129 Å². The Morgan fingerprint density at radius 2 is 1.82 bits per heavy atom. The van der Waals surface area contributed by atoms with Crippen molar-refractivity contribution in [2.24, 2.45) is 0 Å². The molecule has 6 heteroatoms. The first-order valence-electron chi connectivity index (χ1n) is 7.57. The first-order valence-corrected chi connectivity index (χ1v) is 7.57. The van der Waals surface area contributed by atoms with E-state index >= 15 is 0 Å². The van der Waals surface area contributed by atoms with E-state index in [1.165, 1.54) is 0 Å². The molecule has 2 amide bonds. The molecule has 1 aromatic rings. The summed E-state index contributed by atoms with van der Waals surface area (Å²) < 4.78 is 5.30. The predicted octanol–water partition coefficient (Wildman–Crippen LogP) is 1.45. The molecule has 1 saturated carbocycles. The van der Waals surface area contributed by atoms with E-state index in [0.717, 1.165) is 12.8 Å². The third-order valence-corrected chi connectivity index (χ3v) is 3.74. The van der Waals surface area contributed by atoms with E-state index in [9.17, 15) is 14.7 Å². The molecule has 0 heterocycles. The molecule has 120 valence electrons. The quantitative estimate of drug-likeness (QED) is 0.718. The highest BCUT2D eigenvalue weighted by Gasteiger charge is 2.32. The van der Waals surface area contributed by atoms with Gasteiger partial charge in [-0.15, -0.1) is 0 Å². The molecule has 1 fully saturated rings. The SMILES string of the molecule is CCOc1ccc(NC(=O)C(=O)NCC2(O)CCCC2)cc1. The molecule has 0 radical (unpaired) electrons. The Morgan fingerprint density at radius 1 is 1.18 bits per heavy atom. The summed E-state index contributed by atoms with van der Waals surface area (Å²) in [5.41, 5.74) is -0.349. The Kier molecular flexibility index (Phi) is 5.38. The molecule has 0 aliphatic heterocycles. The molecule has 2 rings (SSSR count). The Hall–Kier alpha value is -2.08. The van der Waals surface area contributed by atoms with Gasteiger partial charge in [-0.05, 0) is 44.0 Å². The van der Waals surface area contributed by atoms with E-state index in [4.69, 9.17) is 4.74 Å². The number of amides is 2. The molecule has 22 heavy (non-hydrogen) atoms. The summed E-state index contributed by atoms with van der Waals surface area (Å²) in [6, 6.07) is 6.78. The molecule has 1 aliphatic rings. The first kappa shape index (κ1) is 16.3. The summed E-state index contributed by atoms with van der Waals surface area (Å²) in [4.78, 5) is 23.6. The zero-order valence-electron chi connectivity index (χ0n) is 12.7. The topological polar surface area (TPSA) is 87.7 Å². The average molecular weight is 306 g/mol. The van der Waals surface area contributed by atoms with Crippen LogP contribution in [0.15, 0.2) is 24.3 Å². The van der Waals surface area contributed by atoms with Crippen molar-refractivity contribution in [2.75, 3.05) is 18.5 Å². The summed E-state index contributed by atoms with van der Waals surface area (Å²) in [6.45, 7) is 2.57. The minimum atomic E-state index is -0.866. The number of anilines is 1. The zero-order chi connectivity index (χ0) is 16.0. The number of hydrogen-bond donors (Lipinski definition) is 3. The third kappa shape index (κ3) is 4.46. The second-order valence-electron chi connectivity index (χ2n) is 5.53. The van der Waals surface area contributed by atoms with Crippen LogP contribution in [0.2, 0.25) is 0 Å². The van der Waals surface area contributed by atoms with E-state index in [2.05, 4.69) is 10.6 Å². The molecule has 6 nitrogen and oxygen atoms in total. The Balaban J connectivity index is 1.81. The number of nitrogens with one attached hydrogen (secondary N) is 2. The average Bonchev–Trinajstić information content (AvgIpc) is 2.94. The monoisotopic (exact) mass is 306 g/mol. The summed E-state index contributed by atoms with van der Waals surface area (Å²) in [5.74, 6) is -0.784. The predicted molar refractivity (Wildman–Crippen MR) is 82.7 cm³/mol. The number of benzene rings is 1. The minimum Gasteiger partial charge on any atom is -0.494 e. The van der Waals surface area contributed by atoms with E-state index in [1.807, 2.05) is 6.92 Å². The van der Waals surface area contributed by atoms with E-state index < -0.39 is 17.4 Å². The van der Waals surface area contributed by atoms with Crippen LogP contribution in [0.5, 0.6) is 5.75 Å². The van der Waals surface area contributed by atoms with Crippen molar-refractivity contribution < 1.29 is 19.4 Å². The van der Waals surface area contributed by atoms with Crippen molar-refractivity contribution in [1.29, 1.82) is 0 Å². The molecule has 0 spiro atoms. The van der Waals surface area contributed by atoms with Gasteiger partial charge < -0.3 is 20.5 Å². The molecule has 0 bridgehead atoms. The first-order chi connectivity index (χ1) is 10.5. The summed E-state index contributed by atoms with van der Waals surface area (Å²) >= 11 is 0. The van der Waals surface area contributed by atoms with Crippen molar-refractivity contribution in [3.05, 3.63) is 24.3 Å². The molecule has 0 saturated heterocycles. The standard InChI is InChI=1S/C16H22N2O4/c1-2-22-13-7-5-12(6-8-13)18-15(20)14(19)17-11-16(21)9-3-4-10-16/h5-8,21H,2-4,9-11H2,1H3,(H,17,19)(H,18,20). The molecule has 0 atom stereocenters. The number of hydrogen-bond acceptors (Lipinski definition) is 4. The van der Waals surface area contributed by atoms with Gasteiger partial charge in [-0.25, -0.2) is 0 Å². The number of aliphatic hydroxyl groups is 1. The summed E-state index contributed by atoms with van der Waals surface area (Å²) in [7, 11) is 0. The van der Waals surface area contributed by atoms with Crippen LogP contribution in [0.1, 0.15) is 32.6 Å². The highest BCUT2D eigenvalue weighted by molar-refractivity contribution is 6.39. The maximum atomic E-state index is 11.8. The van der Waals surface area contributed by atoms with Crippen molar-refractivity contribution >= 4 is 17.5 Å². The lowest BCUT2D eigenvalue weighted by atomic mass is 10.0. The normalized spacial score (nSPS) is 16.1. The van der Waals surface area contributed by atoms with Gasteiger partial charge in [-0.3, -0.25) is 9.59 Å². The van der Waals surface area contributed by atoms with Crippen molar-refractivity contribution in [2.45, 2.75) is 38.2 Å². The van der Waals surface area contributed by atoms with E-state index in [1.54, 1.807) is 24.3 Å². The lowest BCUT2D eigenvalue weighted by Crippen LogP contribution is -2.44. The van der Waals surface area contributed by atoms with E-state index in [-0.39, 0.29) is 6.54 Å². The second kappa shape index (κ2) is 7.26. The minimum absolute atomic E-state index is 0.114. The van der Waals surface area contributed by atoms with Gasteiger partial charge in [0.05, 0.1) is 12.2 Å². The fraction of sp³-hybridized carbons (Fsp3) is 0.500. The van der Waals surface area contributed by atoms with Crippen LogP contribution in [0.3, 0.4) is 0 Å². The van der Waals surface area contributed by atoms with Crippen molar-refractivity contribution in [1.82, 2.24) is 5.32 Å². The van der Waals surface area contributed by atoms with Crippen LogP contribution in [0.4, 0.5) is 5.69 Å². The number of rotatable bonds is 5. The zero-order valence-corrected chi connectivity index (χ0v) is 12.7. The van der Waals surface area contributed by atoms with Crippen LogP contribution in [0, 0.1) is 0 Å². The summed E-state index contributed by atoms with van der Waals surface area (Å²) in [6.07, 6.45) is 3.22. The van der Waals surface area contributed by atoms with Gasteiger partial charge in [0.25, 0.3) is 0 Å². The van der Waals surface area contributed by atoms with Gasteiger partial charge in [0.2, 0.25) is 0 Å². The fourth-order valence-corrected chi connectivity index (χ4v) is 2.52. The molecule has 1 aromatic carbocycles. The van der Waals surface area contributed by atoms with Gasteiger partial charge in [0.1, 0.15) is 5.75 Å². The largest absolute Gasteiger partial charge is 0.494 e. The molecular formula is C16H22N2O4. The number of carbonyl (C=O) groups is 2. The van der Waals surface area contributed by atoms with Crippen molar-refractivity contribution in [3.8, 4) is 5.75 Å². The second-order valence-corrected chi connectivity index (χ2v) is 5.53. The number of carbonyl (C=O) groups excluding carboxylic acids is 2. The smallest absolute Gasteiger partial charge is 0.313 e. The lowest BCUT2D eigenvalue weighted by molar-refractivity contribution is -0.136. The van der Waals surface area contributed by atoms with Gasteiger partial charge in [-0.2, -0.15) is 0 Å². The van der Waals surface area contributed by atoms with Gasteiger partial charge in [0.15, 0.2) is 0 Å². The van der Waals surface area contributed by atoms with Gasteiger partial charge >= 0.3 is 11.8 Å². The van der Waals surface area contributed by atoms with Crippen LogP contribution >= 0.6 is 0 Å². The third-order valence-electron chi connectivity index (χ3n) is 3.74. The Morgan fingerprint density at radius 3 is 2.41 bits per heavy atom. The fourth-order valence-electron chi connectivity index (χ4n) is 2.52. The maximum absolute atomic E-state index is 11.8. The van der Waals surface area contributed by atoms with Crippen LogP contribution < -0.4 is 15.4 Å². The van der Waals surface area contributed by atoms with Crippen LogP contribution in [0.25, 0.3) is 0 Å². The highest BCUT2D eigenvalue weighted by Crippen LogP contribution is 2.28. The molecule has 3 N–H and O–H groups in total. The Bertz CT molecular complexity index is 521. The molecule has 1 aliphatic carbocycles. The summed E-state index contributed by atoms with van der Waals surface area (Å²) in [5, 5.41) is 15.1. The molecule has 0 aromatic heterocycles. The van der Waals surface area contributed by atoms with Gasteiger partial charge in [-0.1, -0.05) is 12.8 Å². The van der Waals surface area contributed by atoms with E-state index in [0.29, 0.717) is 30.9 Å². The maximum Gasteiger partial charge on any atom is 0.313 e. The number of ether oxygens (including phenoxy) is 1. The highest BCUT2D eigenvalue weighted by atomic mass is 16.5.